The van der Waals surface area contributed by atoms with Crippen LogP contribution in [-0.2, 0) is 21.5 Å². The quantitative estimate of drug-likeness (QED) is 0.721. The molecule has 1 unspecified atom stereocenters. The van der Waals surface area contributed by atoms with Gasteiger partial charge in [0.05, 0.1) is 13.2 Å². The number of rotatable bonds is 4. The van der Waals surface area contributed by atoms with Crippen LogP contribution < -0.4 is 10.5 Å². The van der Waals surface area contributed by atoms with Crippen molar-refractivity contribution in [3.63, 3.8) is 0 Å². The molecule has 1 saturated carbocycles. The minimum absolute atomic E-state index is 0.0381. The van der Waals surface area contributed by atoms with Gasteiger partial charge in [-0.15, -0.1) is 10.2 Å². The highest BCUT2D eigenvalue weighted by atomic mass is 19.1. The molecule has 2 aliphatic heterocycles. The number of anilines is 1. The molecule has 2 aromatic rings. The third-order valence-electron chi connectivity index (χ3n) is 6.41. The van der Waals surface area contributed by atoms with Gasteiger partial charge < -0.3 is 24.8 Å². The summed E-state index contributed by atoms with van der Waals surface area (Å²) < 4.78 is 29.0. The standard InChI is InChI=1S/C18H21N3O3.C6H12FN/c1-11-3-4-12(14(7-11)24-10-22-2)16-15-13(17(19)21-20-16)8-23-9-18(15)5-6-18;1-8-4-2-3-6(7)5-8/h3-4,7H,5-6,8-10H2,1-2H3,(H2,19,21);6H,2-5H2,1H3. The van der Waals surface area contributed by atoms with E-state index in [1.165, 1.54) is 5.56 Å². The Balaban J connectivity index is 0.000000260. The second-order valence-electron chi connectivity index (χ2n) is 9.11. The van der Waals surface area contributed by atoms with Gasteiger partial charge in [0, 0.05) is 30.2 Å². The number of methoxy groups -OCH3 is 1. The molecule has 174 valence electrons. The average Bonchev–Trinajstić information content (AvgIpc) is 3.53. The molecule has 7 nitrogen and oxygen atoms in total. The van der Waals surface area contributed by atoms with Crippen LogP contribution in [0.15, 0.2) is 18.2 Å². The summed E-state index contributed by atoms with van der Waals surface area (Å²) in [5.41, 5.74) is 11.2. The van der Waals surface area contributed by atoms with Gasteiger partial charge in [0.1, 0.15) is 17.6 Å². The zero-order valence-corrected chi connectivity index (χ0v) is 19.2. The van der Waals surface area contributed by atoms with Crippen LogP contribution in [0, 0.1) is 6.92 Å². The monoisotopic (exact) mass is 444 g/mol. The van der Waals surface area contributed by atoms with Crippen LogP contribution in [0.5, 0.6) is 5.75 Å². The van der Waals surface area contributed by atoms with Gasteiger partial charge >= 0.3 is 0 Å². The number of nitrogens with two attached hydrogens (primary N) is 1. The molecule has 3 heterocycles. The van der Waals surface area contributed by atoms with E-state index in [1.807, 2.05) is 31.0 Å². The van der Waals surface area contributed by atoms with Gasteiger partial charge in [0.15, 0.2) is 12.6 Å². The molecule has 8 heteroatoms. The molecule has 32 heavy (non-hydrogen) atoms. The lowest BCUT2D eigenvalue weighted by molar-refractivity contribution is 0.0514. The van der Waals surface area contributed by atoms with Gasteiger partial charge in [-0.25, -0.2) is 4.39 Å². The fourth-order valence-corrected chi connectivity index (χ4v) is 4.53. The molecule has 3 aliphatic rings. The van der Waals surface area contributed by atoms with E-state index in [0.717, 1.165) is 67.0 Å². The Morgan fingerprint density at radius 2 is 2.12 bits per heavy atom. The van der Waals surface area contributed by atoms with Crippen LogP contribution >= 0.6 is 0 Å². The molecule has 1 atom stereocenters. The summed E-state index contributed by atoms with van der Waals surface area (Å²) in [6, 6.07) is 6.09. The van der Waals surface area contributed by atoms with Crippen molar-refractivity contribution in [3.05, 3.63) is 34.9 Å². The van der Waals surface area contributed by atoms with Crippen molar-refractivity contribution in [1.29, 1.82) is 0 Å². The molecule has 2 N–H and O–H groups in total. The summed E-state index contributed by atoms with van der Waals surface area (Å²) in [5, 5.41) is 8.61. The van der Waals surface area contributed by atoms with Crippen molar-refractivity contribution in [3.8, 4) is 17.0 Å². The summed E-state index contributed by atoms with van der Waals surface area (Å²) in [6.07, 6.45) is 3.42. The normalized spacial score (nSPS) is 21.4. The molecule has 0 bridgehead atoms. The number of halogens is 1. The molecule has 2 fully saturated rings. The van der Waals surface area contributed by atoms with Gasteiger partial charge in [-0.1, -0.05) is 6.07 Å². The van der Waals surface area contributed by atoms with E-state index < -0.39 is 6.17 Å². The maximum absolute atomic E-state index is 12.4. The largest absolute Gasteiger partial charge is 0.467 e. The summed E-state index contributed by atoms with van der Waals surface area (Å²) in [7, 11) is 3.57. The van der Waals surface area contributed by atoms with E-state index in [1.54, 1.807) is 7.11 Å². The highest BCUT2D eigenvalue weighted by Crippen LogP contribution is 2.55. The SMILES string of the molecule is CN1CCCC(F)C1.COCOc1cc(C)ccc1-c1nnc(N)c2c1C1(CC1)COC2. The number of fused-ring (bicyclic) bond motifs is 2. The minimum atomic E-state index is -0.561. The van der Waals surface area contributed by atoms with E-state index >= 15 is 0 Å². The summed E-state index contributed by atoms with van der Waals surface area (Å²) in [6.45, 7) is 5.14. The first-order valence-electron chi connectivity index (χ1n) is 11.2. The first-order valence-corrected chi connectivity index (χ1v) is 11.2. The van der Waals surface area contributed by atoms with Crippen molar-refractivity contribution in [2.24, 2.45) is 0 Å². The van der Waals surface area contributed by atoms with Gasteiger partial charge in [-0.2, -0.15) is 0 Å². The maximum Gasteiger partial charge on any atom is 0.188 e. The topological polar surface area (TPSA) is 82.7 Å². The van der Waals surface area contributed by atoms with Crippen LogP contribution in [0.4, 0.5) is 10.2 Å². The predicted octanol–water partition coefficient (Wildman–Crippen LogP) is 3.63. The molecule has 0 amide bonds. The number of benzene rings is 1. The smallest absolute Gasteiger partial charge is 0.188 e. The van der Waals surface area contributed by atoms with Gasteiger partial charge in [-0.05, 0) is 69.5 Å². The Kier molecular flexibility index (Phi) is 6.93. The Bertz CT molecular complexity index is 943. The van der Waals surface area contributed by atoms with Crippen molar-refractivity contribution in [2.75, 3.05) is 46.4 Å². The van der Waals surface area contributed by atoms with Crippen molar-refractivity contribution < 1.29 is 18.6 Å². The number of ether oxygens (including phenoxy) is 3. The van der Waals surface area contributed by atoms with Crippen molar-refractivity contribution in [1.82, 2.24) is 15.1 Å². The van der Waals surface area contributed by atoms with E-state index in [4.69, 9.17) is 19.9 Å². The number of aryl methyl sites for hydroxylation is 1. The lowest BCUT2D eigenvalue weighted by Crippen LogP contribution is -2.32. The van der Waals surface area contributed by atoms with E-state index in [-0.39, 0.29) is 12.2 Å². The van der Waals surface area contributed by atoms with E-state index in [0.29, 0.717) is 19.0 Å². The molecular formula is C24H33FN4O3. The number of hydrogen-bond acceptors (Lipinski definition) is 7. The van der Waals surface area contributed by atoms with Crippen LogP contribution in [0.2, 0.25) is 0 Å². The molecule has 0 radical (unpaired) electrons. The third kappa shape index (κ3) is 4.87. The first-order chi connectivity index (χ1) is 15.4. The number of piperidine rings is 1. The number of nitrogens with zero attached hydrogens (tertiary/aromatic N) is 3. The van der Waals surface area contributed by atoms with E-state index in [2.05, 4.69) is 16.3 Å². The molecule has 1 aromatic heterocycles. The Hall–Kier alpha value is -2.29. The fraction of sp³-hybridized carbons (Fsp3) is 0.583. The highest BCUT2D eigenvalue weighted by Gasteiger charge is 2.50. The van der Waals surface area contributed by atoms with Crippen molar-refractivity contribution in [2.45, 2.75) is 50.8 Å². The lowest BCUT2D eigenvalue weighted by atomic mass is 9.86. The molecule has 1 spiro atoms. The summed E-state index contributed by atoms with van der Waals surface area (Å²) in [4.78, 5) is 2.04. The molecule has 1 aliphatic carbocycles. The van der Waals surface area contributed by atoms with E-state index in [9.17, 15) is 4.39 Å². The first kappa shape index (κ1) is 22.9. The van der Waals surface area contributed by atoms with Crippen LogP contribution in [0.3, 0.4) is 0 Å². The van der Waals surface area contributed by atoms with Crippen LogP contribution in [0.1, 0.15) is 42.4 Å². The fourth-order valence-electron chi connectivity index (χ4n) is 4.53. The molecular weight excluding hydrogens is 411 g/mol. The van der Waals surface area contributed by atoms with Crippen molar-refractivity contribution >= 4 is 5.82 Å². The van der Waals surface area contributed by atoms with Gasteiger partial charge in [0.25, 0.3) is 0 Å². The summed E-state index contributed by atoms with van der Waals surface area (Å²) >= 11 is 0. The number of alkyl halides is 1. The zero-order valence-electron chi connectivity index (χ0n) is 19.2. The number of hydrogen-bond donors (Lipinski definition) is 1. The minimum Gasteiger partial charge on any atom is -0.467 e. The Morgan fingerprint density at radius 1 is 1.31 bits per heavy atom. The van der Waals surface area contributed by atoms with Crippen LogP contribution in [0.25, 0.3) is 11.3 Å². The third-order valence-corrected chi connectivity index (χ3v) is 6.41. The van der Waals surface area contributed by atoms with Gasteiger partial charge in [-0.3, -0.25) is 0 Å². The molecule has 1 saturated heterocycles. The zero-order chi connectivity index (χ0) is 22.7. The number of nitrogen functional groups attached to an aromatic ring is 1. The second-order valence-corrected chi connectivity index (χ2v) is 9.11. The molecule has 1 aromatic carbocycles. The predicted molar refractivity (Wildman–Crippen MR) is 121 cm³/mol. The highest BCUT2D eigenvalue weighted by molar-refractivity contribution is 5.75. The van der Waals surface area contributed by atoms with Crippen LogP contribution in [-0.4, -0.2) is 61.9 Å². The average molecular weight is 445 g/mol. The Morgan fingerprint density at radius 3 is 2.78 bits per heavy atom. The Labute approximate surface area is 189 Å². The molecule has 5 rings (SSSR count). The number of likely N-dealkylation sites (tertiary alicyclic amines) is 1. The maximum atomic E-state index is 12.4. The number of aromatic nitrogens is 2. The summed E-state index contributed by atoms with van der Waals surface area (Å²) in [5.74, 6) is 1.21. The van der Waals surface area contributed by atoms with Gasteiger partial charge in [0.2, 0.25) is 0 Å². The second kappa shape index (κ2) is 9.68. The lowest BCUT2D eigenvalue weighted by Gasteiger charge is -2.28.